The van der Waals surface area contributed by atoms with Gasteiger partial charge in [0.25, 0.3) is 0 Å². The Balaban J connectivity index is 1.31. The van der Waals surface area contributed by atoms with E-state index in [1.165, 1.54) is 62.1 Å². The van der Waals surface area contributed by atoms with Crippen molar-refractivity contribution in [3.05, 3.63) is 59.7 Å². The fourth-order valence-electron chi connectivity index (χ4n) is 5.34. The Bertz CT molecular complexity index is 775. The van der Waals surface area contributed by atoms with Crippen molar-refractivity contribution in [1.82, 2.24) is 4.90 Å². The molecule has 2 aromatic rings. The highest BCUT2D eigenvalue weighted by Crippen LogP contribution is 2.39. The van der Waals surface area contributed by atoms with E-state index < -0.39 is 0 Å². The number of fused-ring (bicyclic) bond motifs is 4. The third kappa shape index (κ3) is 2.79. The molecule has 0 aromatic heterocycles. The van der Waals surface area contributed by atoms with Crippen molar-refractivity contribution in [2.75, 3.05) is 31.6 Å². The van der Waals surface area contributed by atoms with Gasteiger partial charge in [-0.1, -0.05) is 24.3 Å². The van der Waals surface area contributed by atoms with Gasteiger partial charge in [-0.15, -0.1) is 0 Å². The number of para-hydroxylation sites is 1. The number of aryl methyl sites for hydroxylation is 1. The Labute approximate surface area is 156 Å². The number of nitrogens with zero attached hydrogens (tertiary/aromatic N) is 2. The number of piperidine rings is 2. The van der Waals surface area contributed by atoms with Crippen molar-refractivity contribution >= 4 is 5.69 Å². The lowest BCUT2D eigenvalue weighted by Crippen LogP contribution is -2.63. The molecule has 3 heterocycles. The highest BCUT2D eigenvalue weighted by molar-refractivity contribution is 5.49. The zero-order chi connectivity index (χ0) is 17.5. The molecular weight excluding hydrogens is 320 g/mol. The van der Waals surface area contributed by atoms with E-state index in [0.29, 0.717) is 18.0 Å². The molecule has 3 heteroatoms. The molecule has 3 saturated heterocycles. The molecule has 3 nitrogen and oxygen atoms in total. The molecule has 3 fully saturated rings. The highest BCUT2D eigenvalue weighted by atomic mass is 16.5. The molecule has 3 atom stereocenters. The summed E-state index contributed by atoms with van der Waals surface area (Å²) in [5, 5.41) is 0. The van der Waals surface area contributed by atoms with Crippen molar-refractivity contribution in [1.29, 1.82) is 0 Å². The Morgan fingerprint density at radius 1 is 0.962 bits per heavy atom. The lowest BCUT2D eigenvalue weighted by atomic mass is 9.88. The Morgan fingerprint density at radius 3 is 2.58 bits per heavy atom. The van der Waals surface area contributed by atoms with Gasteiger partial charge in [-0.25, -0.2) is 0 Å². The van der Waals surface area contributed by atoms with Gasteiger partial charge in [-0.2, -0.15) is 0 Å². The van der Waals surface area contributed by atoms with Gasteiger partial charge in [-0.3, -0.25) is 4.90 Å². The summed E-state index contributed by atoms with van der Waals surface area (Å²) in [5.74, 6) is 1.68. The second-order valence-electron chi connectivity index (χ2n) is 8.13. The summed E-state index contributed by atoms with van der Waals surface area (Å²) in [5.41, 5.74) is 4.47. The maximum absolute atomic E-state index is 5.47. The average molecular weight is 348 g/mol. The van der Waals surface area contributed by atoms with Gasteiger partial charge in [0.05, 0.1) is 7.11 Å². The van der Waals surface area contributed by atoms with Crippen LogP contribution in [-0.4, -0.2) is 43.7 Å². The number of hydrogen-bond acceptors (Lipinski definition) is 3. The summed E-state index contributed by atoms with van der Waals surface area (Å²) in [4.78, 5) is 5.43. The predicted octanol–water partition coefficient (Wildman–Crippen LogP) is 4.08. The second kappa shape index (κ2) is 6.62. The van der Waals surface area contributed by atoms with Crippen LogP contribution in [-0.2, 0) is 6.42 Å². The molecule has 0 spiro atoms. The molecule has 0 radical (unpaired) electrons. The normalized spacial score (nSPS) is 27.6. The zero-order valence-corrected chi connectivity index (χ0v) is 15.6. The molecule has 26 heavy (non-hydrogen) atoms. The summed E-state index contributed by atoms with van der Waals surface area (Å²) in [6.45, 7) is 3.62. The minimum absolute atomic E-state index is 0.671. The molecule has 0 saturated carbocycles. The molecule has 1 aliphatic carbocycles. The Kier molecular flexibility index (Phi) is 4.12. The van der Waals surface area contributed by atoms with Gasteiger partial charge in [-0.05, 0) is 67.0 Å². The van der Waals surface area contributed by atoms with Crippen LogP contribution in [0.3, 0.4) is 0 Å². The third-order valence-electron chi connectivity index (χ3n) is 6.74. The van der Waals surface area contributed by atoms with E-state index in [2.05, 4.69) is 58.3 Å². The third-order valence-corrected chi connectivity index (χ3v) is 6.74. The lowest BCUT2D eigenvalue weighted by Gasteiger charge is -2.53. The largest absolute Gasteiger partial charge is 0.497 e. The predicted molar refractivity (Wildman–Crippen MR) is 106 cm³/mol. The van der Waals surface area contributed by atoms with Gasteiger partial charge in [0.1, 0.15) is 5.75 Å². The number of hydrogen-bond donors (Lipinski definition) is 0. The first-order chi connectivity index (χ1) is 12.8. The van der Waals surface area contributed by atoms with Crippen LogP contribution >= 0.6 is 0 Å². The van der Waals surface area contributed by atoms with E-state index in [9.17, 15) is 0 Å². The lowest BCUT2D eigenvalue weighted by molar-refractivity contribution is 0.0894. The fraction of sp³-hybridized carbons (Fsp3) is 0.478. The number of ether oxygens (including phenoxy) is 1. The summed E-state index contributed by atoms with van der Waals surface area (Å²) in [6, 6.07) is 19.0. The topological polar surface area (TPSA) is 15.7 Å². The molecule has 6 rings (SSSR count). The Hall–Kier alpha value is -2.00. The van der Waals surface area contributed by atoms with Gasteiger partial charge >= 0.3 is 0 Å². The summed E-state index contributed by atoms with van der Waals surface area (Å²) in [7, 11) is 1.77. The van der Waals surface area contributed by atoms with Crippen LogP contribution in [0.15, 0.2) is 48.5 Å². The number of benzene rings is 2. The van der Waals surface area contributed by atoms with E-state index in [0.717, 1.165) is 5.75 Å². The van der Waals surface area contributed by atoms with Crippen LogP contribution in [0.25, 0.3) is 0 Å². The number of rotatable bonds is 4. The maximum Gasteiger partial charge on any atom is 0.119 e. The van der Waals surface area contributed by atoms with Crippen LogP contribution in [0.4, 0.5) is 5.69 Å². The summed E-state index contributed by atoms with van der Waals surface area (Å²) in [6.07, 6.45) is 5.21. The van der Waals surface area contributed by atoms with Gasteiger partial charge in [0.2, 0.25) is 0 Å². The summed E-state index contributed by atoms with van der Waals surface area (Å²) >= 11 is 0. The van der Waals surface area contributed by atoms with Gasteiger partial charge in [0.15, 0.2) is 0 Å². The van der Waals surface area contributed by atoms with E-state index in [4.69, 9.17) is 4.74 Å². The highest BCUT2D eigenvalue weighted by Gasteiger charge is 2.40. The van der Waals surface area contributed by atoms with Crippen LogP contribution in [0.5, 0.6) is 5.75 Å². The average Bonchev–Trinajstić information content (AvgIpc) is 3.11. The first-order valence-corrected chi connectivity index (χ1v) is 10.0. The molecular formula is C23H28N2O. The van der Waals surface area contributed by atoms with E-state index in [-0.39, 0.29) is 0 Å². The molecule has 0 N–H and O–H groups in total. The standard InChI is InChI=1S/C23H28N2O/c1-26-22-12-9-17-7-8-18(23(17)13-22)14-24-15-21-11-10-20(24)16-25(21)19-5-3-2-4-6-19/h2-6,9,12-13,18,20-21H,7-8,10-11,14-16H2,1H3/t18?,20-,21+/m0/s1. The minimum atomic E-state index is 0.671. The molecule has 1 unspecified atom stereocenters. The van der Waals surface area contributed by atoms with Crippen molar-refractivity contribution in [3.63, 3.8) is 0 Å². The number of piperazine rings is 1. The smallest absolute Gasteiger partial charge is 0.119 e. The second-order valence-corrected chi connectivity index (χ2v) is 8.13. The van der Waals surface area contributed by atoms with E-state index >= 15 is 0 Å². The molecule has 2 bridgehead atoms. The number of anilines is 1. The molecule has 2 aromatic carbocycles. The first-order valence-electron chi connectivity index (χ1n) is 10.0. The fourth-order valence-corrected chi connectivity index (χ4v) is 5.34. The van der Waals surface area contributed by atoms with Gasteiger partial charge < -0.3 is 9.64 Å². The van der Waals surface area contributed by atoms with Crippen LogP contribution in [0.2, 0.25) is 0 Å². The monoisotopic (exact) mass is 348 g/mol. The van der Waals surface area contributed by atoms with Crippen molar-refractivity contribution in [2.45, 2.75) is 43.7 Å². The van der Waals surface area contributed by atoms with Crippen LogP contribution in [0, 0.1) is 0 Å². The number of methoxy groups -OCH3 is 1. The molecule has 0 amide bonds. The van der Waals surface area contributed by atoms with Gasteiger partial charge in [0, 0.05) is 37.4 Å². The van der Waals surface area contributed by atoms with E-state index in [1.807, 2.05) is 0 Å². The molecule has 4 aliphatic rings. The zero-order valence-electron chi connectivity index (χ0n) is 15.6. The minimum Gasteiger partial charge on any atom is -0.497 e. The maximum atomic E-state index is 5.47. The molecule has 3 aliphatic heterocycles. The SMILES string of the molecule is COc1ccc2c(c1)C(CN1C[C@H]3CC[C@H]1CN3c1ccccc1)CC2. The van der Waals surface area contributed by atoms with Crippen LogP contribution < -0.4 is 9.64 Å². The van der Waals surface area contributed by atoms with Crippen molar-refractivity contribution in [3.8, 4) is 5.75 Å². The Morgan fingerprint density at radius 2 is 1.81 bits per heavy atom. The van der Waals surface area contributed by atoms with Crippen LogP contribution in [0.1, 0.15) is 36.3 Å². The quantitative estimate of drug-likeness (QED) is 0.828. The van der Waals surface area contributed by atoms with Crippen molar-refractivity contribution in [2.24, 2.45) is 0 Å². The first kappa shape index (κ1) is 16.2. The summed E-state index contributed by atoms with van der Waals surface area (Å²) < 4.78 is 5.47. The van der Waals surface area contributed by atoms with E-state index in [1.54, 1.807) is 7.11 Å². The van der Waals surface area contributed by atoms with Crippen molar-refractivity contribution < 1.29 is 4.74 Å². The molecule has 136 valence electrons.